The lowest BCUT2D eigenvalue weighted by atomic mass is 9.90. The fourth-order valence-electron chi connectivity index (χ4n) is 3.45. The number of nitrogens with zero attached hydrogens (tertiary/aromatic N) is 3. The molecule has 3 rings (SSSR count). The fourth-order valence-corrected chi connectivity index (χ4v) is 5.67. The van der Waals surface area contributed by atoms with Gasteiger partial charge < -0.3 is 5.11 Å². The number of rotatable bonds is 3. The summed E-state index contributed by atoms with van der Waals surface area (Å²) in [6.45, 7) is 4.33. The van der Waals surface area contributed by atoms with Gasteiger partial charge in [-0.05, 0) is 37.0 Å². The van der Waals surface area contributed by atoms with E-state index in [0.717, 1.165) is 19.3 Å². The second-order valence-electron chi connectivity index (χ2n) is 6.86. The summed E-state index contributed by atoms with van der Waals surface area (Å²) >= 11 is -1.95. The molecule has 124 valence electrons. The second-order valence-corrected chi connectivity index (χ2v) is 9.00. The van der Waals surface area contributed by atoms with E-state index in [2.05, 4.69) is 23.8 Å². The first kappa shape index (κ1) is 15.9. The standard InChI is InChI=1S/C14H20F3N3OS/c1-13(2)4-3-9(6-13)5-11(21)22-12(14(15,16)17)19-10-7-18-8-20(10)22/h7-9,11,21-22H,3-6H2,1-2H3. The van der Waals surface area contributed by atoms with Crippen LogP contribution in [0.5, 0.6) is 0 Å². The number of aromatic nitrogens is 2. The first-order valence-electron chi connectivity index (χ1n) is 7.33. The van der Waals surface area contributed by atoms with Crippen LogP contribution in [0.25, 0.3) is 0 Å². The quantitative estimate of drug-likeness (QED) is 0.826. The third kappa shape index (κ3) is 2.90. The molecule has 3 unspecified atom stereocenters. The minimum Gasteiger partial charge on any atom is -0.382 e. The normalized spacial score (nSPS) is 30.2. The van der Waals surface area contributed by atoms with Gasteiger partial charge in [0, 0.05) is 0 Å². The summed E-state index contributed by atoms with van der Waals surface area (Å²) in [6, 6.07) is 0. The highest BCUT2D eigenvalue weighted by Crippen LogP contribution is 2.52. The predicted octanol–water partition coefficient (Wildman–Crippen LogP) is 3.79. The van der Waals surface area contributed by atoms with Gasteiger partial charge >= 0.3 is 6.18 Å². The molecule has 0 saturated heterocycles. The van der Waals surface area contributed by atoms with Crippen LogP contribution in [0.3, 0.4) is 0 Å². The van der Waals surface area contributed by atoms with Gasteiger partial charge in [0.1, 0.15) is 11.8 Å². The third-order valence-corrected chi connectivity index (χ3v) is 6.76. The molecule has 1 aliphatic heterocycles. The van der Waals surface area contributed by atoms with Crippen molar-refractivity contribution in [3.63, 3.8) is 0 Å². The molecule has 3 atom stereocenters. The maximum Gasteiger partial charge on any atom is 0.439 e. The molecule has 4 nitrogen and oxygen atoms in total. The molecule has 1 aromatic rings. The van der Waals surface area contributed by atoms with Crippen LogP contribution in [-0.4, -0.2) is 30.7 Å². The summed E-state index contributed by atoms with van der Waals surface area (Å²) in [6.07, 6.45) is 1.48. The van der Waals surface area contributed by atoms with Crippen LogP contribution in [-0.2, 0) is 0 Å². The van der Waals surface area contributed by atoms with Crippen molar-refractivity contribution in [1.29, 1.82) is 0 Å². The Balaban J connectivity index is 1.79. The van der Waals surface area contributed by atoms with Crippen LogP contribution >= 0.6 is 11.1 Å². The molecule has 0 spiro atoms. The lowest BCUT2D eigenvalue weighted by Crippen LogP contribution is -2.28. The molecule has 22 heavy (non-hydrogen) atoms. The number of hydrogen-bond donors (Lipinski definition) is 2. The minimum atomic E-state index is -4.51. The van der Waals surface area contributed by atoms with Gasteiger partial charge in [0.2, 0.25) is 0 Å². The van der Waals surface area contributed by atoms with Crippen molar-refractivity contribution in [3.8, 4) is 0 Å². The Labute approximate surface area is 129 Å². The van der Waals surface area contributed by atoms with Crippen LogP contribution < -0.4 is 0 Å². The van der Waals surface area contributed by atoms with Crippen molar-refractivity contribution in [2.75, 3.05) is 0 Å². The zero-order valence-corrected chi connectivity index (χ0v) is 13.4. The fraction of sp³-hybridized carbons (Fsp3) is 0.714. The van der Waals surface area contributed by atoms with Crippen LogP contribution in [0, 0.1) is 11.3 Å². The second kappa shape index (κ2) is 5.26. The highest BCUT2D eigenvalue weighted by Gasteiger charge is 2.46. The monoisotopic (exact) mass is 335 g/mol. The van der Waals surface area contributed by atoms with Crippen molar-refractivity contribution in [3.05, 3.63) is 12.5 Å². The SMILES string of the molecule is CC1(C)CCC(CC(O)[SH]2C(C(F)(F)F)=Nc3cncn32)C1. The Kier molecular flexibility index (Phi) is 3.79. The smallest absolute Gasteiger partial charge is 0.382 e. The lowest BCUT2D eigenvalue weighted by molar-refractivity contribution is -0.0555. The summed E-state index contributed by atoms with van der Waals surface area (Å²) in [4.78, 5) is 7.49. The van der Waals surface area contributed by atoms with E-state index in [1.165, 1.54) is 16.5 Å². The van der Waals surface area contributed by atoms with Crippen LogP contribution in [0.1, 0.15) is 39.5 Å². The highest BCUT2D eigenvalue weighted by atomic mass is 32.2. The number of thiol groups is 1. The molecule has 1 saturated carbocycles. The van der Waals surface area contributed by atoms with Crippen molar-refractivity contribution >= 4 is 21.9 Å². The van der Waals surface area contributed by atoms with Gasteiger partial charge in [-0.25, -0.2) is 9.98 Å². The Morgan fingerprint density at radius 2 is 2.23 bits per heavy atom. The van der Waals surface area contributed by atoms with E-state index >= 15 is 0 Å². The molecule has 0 radical (unpaired) electrons. The molecule has 1 aliphatic carbocycles. The predicted molar refractivity (Wildman–Crippen MR) is 81.5 cm³/mol. The lowest BCUT2D eigenvalue weighted by Gasteiger charge is -2.29. The number of fused-ring (bicyclic) bond motifs is 1. The van der Waals surface area contributed by atoms with Crippen molar-refractivity contribution in [1.82, 2.24) is 8.96 Å². The summed E-state index contributed by atoms with van der Waals surface area (Å²) in [5, 5.41) is 9.62. The number of imidazole rings is 1. The van der Waals surface area contributed by atoms with Crippen LogP contribution in [0.15, 0.2) is 17.5 Å². The molecule has 0 amide bonds. The Morgan fingerprint density at radius 3 is 2.82 bits per heavy atom. The maximum absolute atomic E-state index is 13.2. The van der Waals surface area contributed by atoms with E-state index < -0.39 is 27.7 Å². The number of hydrogen-bond acceptors (Lipinski definition) is 3. The Hall–Kier alpha value is -1.02. The van der Waals surface area contributed by atoms with E-state index in [9.17, 15) is 18.3 Å². The van der Waals surface area contributed by atoms with E-state index in [-0.39, 0.29) is 17.2 Å². The van der Waals surface area contributed by atoms with Crippen molar-refractivity contribution in [2.45, 2.75) is 51.1 Å². The summed E-state index contributed by atoms with van der Waals surface area (Å²) in [5.41, 5.74) is -0.821. The first-order valence-corrected chi connectivity index (χ1v) is 8.69. The molecular weight excluding hydrogens is 315 g/mol. The molecule has 0 bridgehead atoms. The average Bonchev–Trinajstić information content (AvgIpc) is 3.00. The summed E-state index contributed by atoms with van der Waals surface area (Å²) in [5.74, 6) is 0.457. The van der Waals surface area contributed by atoms with Gasteiger partial charge in [-0.3, -0.25) is 3.97 Å². The third-order valence-electron chi connectivity index (χ3n) is 4.42. The van der Waals surface area contributed by atoms with Crippen molar-refractivity contribution in [2.24, 2.45) is 16.3 Å². The topological polar surface area (TPSA) is 50.4 Å². The molecular formula is C14H20F3N3OS. The maximum atomic E-state index is 13.2. The molecule has 2 heterocycles. The number of alkyl halides is 3. The van der Waals surface area contributed by atoms with Crippen LogP contribution in [0.2, 0.25) is 0 Å². The zero-order valence-electron chi connectivity index (χ0n) is 12.5. The summed E-state index contributed by atoms with van der Waals surface area (Å²) < 4.78 is 41.0. The molecule has 2 aliphatic rings. The number of halogens is 3. The number of aliphatic hydroxyl groups is 1. The van der Waals surface area contributed by atoms with Gasteiger partial charge in [-0.1, -0.05) is 24.9 Å². The van der Waals surface area contributed by atoms with E-state index in [4.69, 9.17) is 0 Å². The van der Waals surface area contributed by atoms with E-state index in [1.807, 2.05) is 0 Å². The van der Waals surface area contributed by atoms with Gasteiger partial charge in [-0.15, -0.1) is 0 Å². The van der Waals surface area contributed by atoms with Gasteiger partial charge in [0.05, 0.1) is 6.20 Å². The molecule has 8 heteroatoms. The van der Waals surface area contributed by atoms with E-state index in [1.54, 1.807) is 0 Å². The number of aliphatic hydroxyl groups excluding tert-OH is 1. The minimum absolute atomic E-state index is 0.184. The first-order chi connectivity index (χ1) is 10.2. The van der Waals surface area contributed by atoms with Gasteiger partial charge in [0.15, 0.2) is 10.9 Å². The zero-order chi connectivity index (χ0) is 16.1. The van der Waals surface area contributed by atoms with Gasteiger partial charge in [-0.2, -0.15) is 13.2 Å². The molecule has 1 N–H and O–H groups in total. The molecule has 1 aromatic heterocycles. The van der Waals surface area contributed by atoms with Crippen LogP contribution in [0.4, 0.5) is 19.0 Å². The highest BCUT2D eigenvalue weighted by molar-refractivity contribution is 8.29. The largest absolute Gasteiger partial charge is 0.439 e. The molecule has 1 fully saturated rings. The number of aliphatic imine (C=N–C) groups is 1. The average molecular weight is 335 g/mol. The van der Waals surface area contributed by atoms with E-state index in [0.29, 0.717) is 6.42 Å². The van der Waals surface area contributed by atoms with Gasteiger partial charge in [0.25, 0.3) is 0 Å². The summed E-state index contributed by atoms with van der Waals surface area (Å²) in [7, 11) is 0. The molecule has 0 aromatic carbocycles. The Morgan fingerprint density at radius 1 is 1.50 bits per heavy atom. The van der Waals surface area contributed by atoms with Crippen molar-refractivity contribution < 1.29 is 18.3 Å². The Bertz CT molecular complexity index is 596.